The number of carbonyl (C=O) groups is 2. The van der Waals surface area contributed by atoms with E-state index in [4.69, 9.17) is 4.74 Å². The average molecular weight is 363 g/mol. The van der Waals surface area contributed by atoms with Crippen molar-refractivity contribution in [3.05, 3.63) is 77.1 Å². The molecular formula is C19H16F3NO3. The molecule has 0 aliphatic heterocycles. The predicted molar refractivity (Wildman–Crippen MR) is 89.3 cm³/mol. The summed E-state index contributed by atoms with van der Waals surface area (Å²) in [6.07, 6.45) is 2.41. The van der Waals surface area contributed by atoms with Crippen molar-refractivity contribution >= 4 is 18.0 Å². The highest BCUT2D eigenvalue weighted by molar-refractivity contribution is 5.89. The molecule has 2 rings (SSSR count). The smallest absolute Gasteiger partial charge is 0.331 e. The second-order valence-electron chi connectivity index (χ2n) is 5.45. The molecule has 2 aromatic rings. The van der Waals surface area contributed by atoms with Gasteiger partial charge in [-0.1, -0.05) is 18.2 Å². The first-order chi connectivity index (χ1) is 12.3. The molecule has 2 aromatic carbocycles. The largest absolute Gasteiger partial charge is 0.452 e. The topological polar surface area (TPSA) is 55.4 Å². The lowest BCUT2D eigenvalue weighted by molar-refractivity contribution is -0.144. The van der Waals surface area contributed by atoms with E-state index in [1.165, 1.54) is 37.3 Å². The van der Waals surface area contributed by atoms with Crippen molar-refractivity contribution in [1.29, 1.82) is 0 Å². The molecule has 1 N–H and O–H groups in total. The Balaban J connectivity index is 1.83. The van der Waals surface area contributed by atoms with Crippen molar-refractivity contribution in [3.63, 3.8) is 0 Å². The van der Waals surface area contributed by atoms with Crippen molar-refractivity contribution in [3.8, 4) is 0 Å². The van der Waals surface area contributed by atoms with Gasteiger partial charge in [0.25, 0.3) is 5.91 Å². The summed E-state index contributed by atoms with van der Waals surface area (Å²) in [4.78, 5) is 23.3. The number of rotatable bonds is 6. The Morgan fingerprint density at radius 1 is 1.12 bits per heavy atom. The monoisotopic (exact) mass is 363 g/mol. The fourth-order valence-electron chi connectivity index (χ4n) is 2.17. The Labute approximate surface area is 148 Å². The summed E-state index contributed by atoms with van der Waals surface area (Å²) in [5, 5.41) is 2.44. The van der Waals surface area contributed by atoms with Crippen LogP contribution in [0.25, 0.3) is 6.08 Å². The average Bonchev–Trinajstić information content (AvgIpc) is 2.58. The standard InChI is InChI=1S/C19H16F3NO3/c1-12(16-7-6-15(21)10-17(16)22)23-18(24)11-26-19(25)8-5-13-3-2-4-14(20)9-13/h2-10,12H,11H2,1H3,(H,23,24)/b8-5+/t12-/m1/s1. The van der Waals surface area contributed by atoms with Crippen molar-refractivity contribution < 1.29 is 27.5 Å². The summed E-state index contributed by atoms with van der Waals surface area (Å²) in [5.74, 6) is -3.38. The molecule has 1 amide bonds. The van der Waals surface area contributed by atoms with Gasteiger partial charge in [-0.15, -0.1) is 0 Å². The zero-order valence-corrected chi connectivity index (χ0v) is 13.8. The van der Waals surface area contributed by atoms with Crippen molar-refractivity contribution in [2.75, 3.05) is 6.61 Å². The number of carbonyl (C=O) groups excluding carboxylic acids is 2. The molecule has 0 spiro atoms. The lowest BCUT2D eigenvalue weighted by atomic mass is 10.1. The van der Waals surface area contributed by atoms with E-state index >= 15 is 0 Å². The molecule has 4 nitrogen and oxygen atoms in total. The van der Waals surface area contributed by atoms with Gasteiger partial charge in [0.1, 0.15) is 17.5 Å². The zero-order chi connectivity index (χ0) is 19.1. The lowest BCUT2D eigenvalue weighted by Crippen LogP contribution is -2.31. The van der Waals surface area contributed by atoms with E-state index in [0.717, 1.165) is 18.2 Å². The maximum absolute atomic E-state index is 13.6. The van der Waals surface area contributed by atoms with Gasteiger partial charge in [0, 0.05) is 17.7 Å². The van der Waals surface area contributed by atoms with Gasteiger partial charge in [-0.05, 0) is 36.8 Å². The van der Waals surface area contributed by atoms with Gasteiger partial charge in [-0.2, -0.15) is 0 Å². The van der Waals surface area contributed by atoms with Crippen molar-refractivity contribution in [1.82, 2.24) is 5.32 Å². The molecule has 0 aromatic heterocycles. The molecule has 0 unspecified atom stereocenters. The SMILES string of the molecule is C[C@@H](NC(=O)COC(=O)/C=C/c1cccc(F)c1)c1ccc(F)cc1F. The third kappa shape index (κ3) is 5.77. The van der Waals surface area contributed by atoms with Crippen molar-refractivity contribution in [2.24, 2.45) is 0 Å². The minimum atomic E-state index is -0.787. The predicted octanol–water partition coefficient (Wildman–Crippen LogP) is 3.54. The van der Waals surface area contributed by atoms with Crippen LogP contribution < -0.4 is 5.32 Å². The molecule has 0 saturated carbocycles. The first-order valence-electron chi connectivity index (χ1n) is 7.70. The summed E-state index contributed by atoms with van der Waals surface area (Å²) in [6, 6.07) is 7.88. The van der Waals surface area contributed by atoms with Crippen LogP contribution in [0.4, 0.5) is 13.2 Å². The number of ether oxygens (including phenoxy) is 1. The minimum Gasteiger partial charge on any atom is -0.452 e. The number of hydrogen-bond donors (Lipinski definition) is 1. The van der Waals surface area contributed by atoms with Gasteiger partial charge in [-0.3, -0.25) is 4.79 Å². The maximum Gasteiger partial charge on any atom is 0.331 e. The molecular weight excluding hydrogens is 347 g/mol. The quantitative estimate of drug-likeness (QED) is 0.631. The first-order valence-corrected chi connectivity index (χ1v) is 7.70. The Morgan fingerprint density at radius 2 is 1.85 bits per heavy atom. The van der Waals surface area contributed by atoms with Crippen molar-refractivity contribution in [2.45, 2.75) is 13.0 Å². The summed E-state index contributed by atoms with van der Waals surface area (Å²) >= 11 is 0. The molecule has 1 atom stereocenters. The number of hydrogen-bond acceptors (Lipinski definition) is 3. The second-order valence-corrected chi connectivity index (χ2v) is 5.45. The van der Waals surface area contributed by atoms with E-state index < -0.39 is 42.0 Å². The number of amides is 1. The minimum absolute atomic E-state index is 0.108. The van der Waals surface area contributed by atoms with Crippen LogP contribution in [0.3, 0.4) is 0 Å². The Hall–Kier alpha value is -3.09. The molecule has 0 fully saturated rings. The third-order valence-corrected chi connectivity index (χ3v) is 3.41. The van der Waals surface area contributed by atoms with Crippen LogP contribution in [0.5, 0.6) is 0 Å². The van der Waals surface area contributed by atoms with Crippen LogP contribution >= 0.6 is 0 Å². The van der Waals surface area contributed by atoms with Crippen LogP contribution in [0.2, 0.25) is 0 Å². The highest BCUT2D eigenvalue weighted by Crippen LogP contribution is 2.17. The Morgan fingerprint density at radius 3 is 2.54 bits per heavy atom. The number of benzene rings is 2. The molecule has 0 aliphatic carbocycles. The molecule has 136 valence electrons. The van der Waals surface area contributed by atoms with Gasteiger partial charge in [0.05, 0.1) is 6.04 Å². The van der Waals surface area contributed by atoms with Gasteiger partial charge < -0.3 is 10.1 Å². The number of esters is 1. The van der Waals surface area contributed by atoms with E-state index in [1.54, 1.807) is 6.07 Å². The number of nitrogens with one attached hydrogen (secondary N) is 1. The fourth-order valence-corrected chi connectivity index (χ4v) is 2.17. The molecule has 0 saturated heterocycles. The highest BCUT2D eigenvalue weighted by atomic mass is 19.1. The summed E-state index contributed by atoms with van der Waals surface area (Å²) in [5.41, 5.74) is 0.573. The third-order valence-electron chi connectivity index (χ3n) is 3.41. The van der Waals surface area contributed by atoms with E-state index in [2.05, 4.69) is 5.32 Å². The van der Waals surface area contributed by atoms with Gasteiger partial charge in [0.15, 0.2) is 6.61 Å². The van der Waals surface area contributed by atoms with Crippen LogP contribution in [-0.4, -0.2) is 18.5 Å². The van der Waals surface area contributed by atoms with E-state index in [0.29, 0.717) is 5.56 Å². The Bertz CT molecular complexity index is 837. The molecule has 26 heavy (non-hydrogen) atoms. The molecule has 0 aliphatic rings. The Kier molecular flexibility index (Phi) is 6.54. The molecule has 7 heteroatoms. The lowest BCUT2D eigenvalue weighted by Gasteiger charge is -2.15. The van der Waals surface area contributed by atoms with Crippen LogP contribution in [-0.2, 0) is 14.3 Å². The van der Waals surface area contributed by atoms with Gasteiger partial charge >= 0.3 is 5.97 Å². The first kappa shape index (κ1) is 19.2. The fraction of sp³-hybridized carbons (Fsp3) is 0.158. The molecule has 0 bridgehead atoms. The zero-order valence-electron chi connectivity index (χ0n) is 13.8. The summed E-state index contributed by atoms with van der Waals surface area (Å²) in [6.45, 7) is 0.944. The van der Waals surface area contributed by atoms with Crippen LogP contribution in [0.1, 0.15) is 24.1 Å². The van der Waals surface area contributed by atoms with Crippen LogP contribution in [0, 0.1) is 17.5 Å². The normalized spacial score (nSPS) is 12.0. The molecule has 0 heterocycles. The molecule has 0 radical (unpaired) electrons. The van der Waals surface area contributed by atoms with E-state index in [9.17, 15) is 22.8 Å². The van der Waals surface area contributed by atoms with E-state index in [-0.39, 0.29) is 5.56 Å². The van der Waals surface area contributed by atoms with Crippen LogP contribution in [0.15, 0.2) is 48.5 Å². The summed E-state index contributed by atoms with van der Waals surface area (Å²) < 4.78 is 44.3. The van der Waals surface area contributed by atoms with Gasteiger partial charge in [-0.25, -0.2) is 18.0 Å². The number of halogens is 3. The summed E-state index contributed by atoms with van der Waals surface area (Å²) in [7, 11) is 0. The maximum atomic E-state index is 13.6. The van der Waals surface area contributed by atoms with E-state index in [1.807, 2.05) is 0 Å². The second kappa shape index (κ2) is 8.84. The van der Waals surface area contributed by atoms with Gasteiger partial charge in [0.2, 0.25) is 0 Å². The highest BCUT2D eigenvalue weighted by Gasteiger charge is 2.15.